The summed E-state index contributed by atoms with van der Waals surface area (Å²) in [5, 5.41) is 3.69. The first kappa shape index (κ1) is 15.4. The Morgan fingerprint density at radius 3 is 2.85 bits per heavy atom. The predicted octanol–water partition coefficient (Wildman–Crippen LogP) is 4.24. The monoisotopic (exact) mass is 275 g/mol. The van der Waals surface area contributed by atoms with Crippen LogP contribution in [0.5, 0.6) is 5.75 Å². The second kappa shape index (κ2) is 7.68. The van der Waals surface area contributed by atoms with E-state index in [1.54, 1.807) is 0 Å². The molecule has 0 amide bonds. The first-order valence-electron chi connectivity index (χ1n) is 8.14. The van der Waals surface area contributed by atoms with Crippen LogP contribution in [0, 0.1) is 19.8 Å². The normalized spacial score (nSPS) is 22.1. The Labute approximate surface area is 123 Å². The zero-order valence-electron chi connectivity index (χ0n) is 13.2. The number of rotatable bonds is 7. The largest absolute Gasteiger partial charge is 0.493 e. The number of hydrogen-bond acceptors (Lipinski definition) is 2. The molecule has 1 aromatic rings. The van der Waals surface area contributed by atoms with E-state index in [1.807, 2.05) is 0 Å². The van der Waals surface area contributed by atoms with Crippen LogP contribution in [0.2, 0.25) is 0 Å². The molecule has 1 fully saturated rings. The minimum Gasteiger partial charge on any atom is -0.493 e. The van der Waals surface area contributed by atoms with Crippen molar-refractivity contribution in [3.05, 3.63) is 29.3 Å². The molecule has 20 heavy (non-hydrogen) atoms. The first-order chi connectivity index (χ1) is 9.70. The van der Waals surface area contributed by atoms with E-state index in [-0.39, 0.29) is 0 Å². The van der Waals surface area contributed by atoms with E-state index in [0.717, 1.165) is 30.9 Å². The lowest BCUT2D eigenvalue weighted by molar-refractivity contribution is 0.259. The second-order valence-electron chi connectivity index (χ2n) is 6.16. The number of hydrogen-bond donors (Lipinski definition) is 1. The molecule has 2 nitrogen and oxygen atoms in total. The van der Waals surface area contributed by atoms with Gasteiger partial charge in [0, 0.05) is 6.04 Å². The average molecular weight is 275 g/mol. The fourth-order valence-corrected chi connectivity index (χ4v) is 3.26. The molecule has 1 aliphatic rings. The molecule has 0 aromatic heterocycles. The van der Waals surface area contributed by atoms with Gasteiger partial charge in [0.25, 0.3) is 0 Å². The lowest BCUT2D eigenvalue weighted by Gasteiger charge is -2.21. The van der Waals surface area contributed by atoms with E-state index >= 15 is 0 Å². The topological polar surface area (TPSA) is 21.3 Å². The smallest absolute Gasteiger partial charge is 0.122 e. The van der Waals surface area contributed by atoms with Crippen LogP contribution in [0.1, 0.15) is 50.2 Å². The highest BCUT2D eigenvalue weighted by Crippen LogP contribution is 2.29. The SMILES string of the molecule is CCCNC1CCCC1CCOc1ccc(C)cc1C. The average Bonchev–Trinajstić information content (AvgIpc) is 2.86. The van der Waals surface area contributed by atoms with Gasteiger partial charge in [-0.2, -0.15) is 0 Å². The van der Waals surface area contributed by atoms with Crippen molar-refractivity contribution < 1.29 is 4.74 Å². The van der Waals surface area contributed by atoms with E-state index in [2.05, 4.69) is 44.3 Å². The summed E-state index contributed by atoms with van der Waals surface area (Å²) in [5.41, 5.74) is 2.55. The van der Waals surface area contributed by atoms with Crippen molar-refractivity contribution in [3.8, 4) is 5.75 Å². The summed E-state index contributed by atoms with van der Waals surface area (Å²) in [4.78, 5) is 0. The van der Waals surface area contributed by atoms with Gasteiger partial charge < -0.3 is 10.1 Å². The molecule has 0 heterocycles. The van der Waals surface area contributed by atoms with Gasteiger partial charge in [0.2, 0.25) is 0 Å². The highest BCUT2D eigenvalue weighted by Gasteiger charge is 2.26. The van der Waals surface area contributed by atoms with Crippen LogP contribution in [-0.4, -0.2) is 19.2 Å². The molecular weight excluding hydrogens is 246 g/mol. The Morgan fingerprint density at radius 1 is 1.25 bits per heavy atom. The fourth-order valence-electron chi connectivity index (χ4n) is 3.26. The van der Waals surface area contributed by atoms with Gasteiger partial charge in [-0.1, -0.05) is 31.0 Å². The van der Waals surface area contributed by atoms with Gasteiger partial charge in [-0.3, -0.25) is 0 Å². The van der Waals surface area contributed by atoms with Crippen LogP contribution in [0.4, 0.5) is 0 Å². The molecule has 112 valence electrons. The molecule has 1 N–H and O–H groups in total. The molecule has 0 aliphatic heterocycles. The van der Waals surface area contributed by atoms with Crippen molar-refractivity contribution in [1.82, 2.24) is 5.32 Å². The Hall–Kier alpha value is -1.02. The molecule has 1 aromatic carbocycles. The Balaban J connectivity index is 1.77. The highest BCUT2D eigenvalue weighted by atomic mass is 16.5. The molecular formula is C18H29NO. The lowest BCUT2D eigenvalue weighted by Crippen LogP contribution is -2.33. The van der Waals surface area contributed by atoms with E-state index in [1.165, 1.54) is 43.2 Å². The Bertz CT molecular complexity index is 416. The van der Waals surface area contributed by atoms with E-state index in [4.69, 9.17) is 4.74 Å². The first-order valence-corrected chi connectivity index (χ1v) is 8.14. The van der Waals surface area contributed by atoms with Gasteiger partial charge in [0.15, 0.2) is 0 Å². The predicted molar refractivity (Wildman–Crippen MR) is 85.5 cm³/mol. The van der Waals surface area contributed by atoms with Gasteiger partial charge in [-0.15, -0.1) is 0 Å². The molecule has 2 atom stereocenters. The van der Waals surface area contributed by atoms with Crippen molar-refractivity contribution in [2.45, 2.75) is 58.9 Å². The van der Waals surface area contributed by atoms with Crippen LogP contribution >= 0.6 is 0 Å². The maximum absolute atomic E-state index is 5.98. The Kier molecular flexibility index (Phi) is 5.90. The highest BCUT2D eigenvalue weighted by molar-refractivity contribution is 5.35. The molecule has 0 spiro atoms. The van der Waals surface area contributed by atoms with Crippen molar-refractivity contribution >= 4 is 0 Å². The minimum absolute atomic E-state index is 0.720. The summed E-state index contributed by atoms with van der Waals surface area (Å²) in [5.74, 6) is 1.85. The molecule has 1 saturated carbocycles. The van der Waals surface area contributed by atoms with Crippen molar-refractivity contribution in [2.75, 3.05) is 13.2 Å². The number of ether oxygens (including phenoxy) is 1. The summed E-state index contributed by atoms with van der Waals surface area (Å²) in [6.45, 7) is 8.49. The fraction of sp³-hybridized carbons (Fsp3) is 0.667. The van der Waals surface area contributed by atoms with Crippen molar-refractivity contribution in [3.63, 3.8) is 0 Å². The van der Waals surface area contributed by atoms with Crippen molar-refractivity contribution in [2.24, 2.45) is 5.92 Å². The maximum atomic E-state index is 5.98. The Morgan fingerprint density at radius 2 is 2.10 bits per heavy atom. The summed E-state index contributed by atoms with van der Waals surface area (Å²) < 4.78 is 5.98. The third-order valence-corrected chi connectivity index (χ3v) is 4.39. The molecule has 1 aliphatic carbocycles. The summed E-state index contributed by atoms with van der Waals surface area (Å²) in [6, 6.07) is 7.14. The zero-order chi connectivity index (χ0) is 14.4. The van der Waals surface area contributed by atoms with Gasteiger partial charge in [0.05, 0.1) is 6.61 Å². The van der Waals surface area contributed by atoms with Crippen LogP contribution < -0.4 is 10.1 Å². The summed E-state index contributed by atoms with van der Waals surface area (Å²) >= 11 is 0. The van der Waals surface area contributed by atoms with Crippen LogP contribution in [0.25, 0.3) is 0 Å². The van der Waals surface area contributed by atoms with Gasteiger partial charge in [-0.05, 0) is 63.6 Å². The molecule has 0 radical (unpaired) electrons. The summed E-state index contributed by atoms with van der Waals surface area (Å²) in [7, 11) is 0. The molecule has 2 heteroatoms. The second-order valence-corrected chi connectivity index (χ2v) is 6.16. The van der Waals surface area contributed by atoms with Gasteiger partial charge >= 0.3 is 0 Å². The van der Waals surface area contributed by atoms with Crippen molar-refractivity contribution in [1.29, 1.82) is 0 Å². The number of aryl methyl sites for hydroxylation is 2. The number of nitrogens with one attached hydrogen (secondary N) is 1. The van der Waals surface area contributed by atoms with Gasteiger partial charge in [-0.25, -0.2) is 0 Å². The standard InChI is InChI=1S/C18H29NO/c1-4-11-19-17-7-5-6-16(17)10-12-20-18-9-8-14(2)13-15(18)3/h8-9,13,16-17,19H,4-7,10-12H2,1-3H3. The van der Waals surface area contributed by atoms with Gasteiger partial charge in [0.1, 0.15) is 5.75 Å². The third kappa shape index (κ3) is 4.24. The minimum atomic E-state index is 0.720. The maximum Gasteiger partial charge on any atom is 0.122 e. The van der Waals surface area contributed by atoms with Crippen LogP contribution in [0.15, 0.2) is 18.2 Å². The van der Waals surface area contributed by atoms with E-state index in [9.17, 15) is 0 Å². The lowest BCUT2D eigenvalue weighted by atomic mass is 10.00. The molecule has 0 bridgehead atoms. The molecule has 2 rings (SSSR count). The quantitative estimate of drug-likeness (QED) is 0.803. The van der Waals surface area contributed by atoms with E-state index in [0.29, 0.717) is 0 Å². The molecule has 2 unspecified atom stereocenters. The summed E-state index contributed by atoms with van der Waals surface area (Å²) in [6.07, 6.45) is 6.47. The third-order valence-electron chi connectivity index (χ3n) is 4.39. The number of benzene rings is 1. The van der Waals surface area contributed by atoms with Crippen LogP contribution in [0.3, 0.4) is 0 Å². The van der Waals surface area contributed by atoms with E-state index < -0.39 is 0 Å². The van der Waals surface area contributed by atoms with Crippen LogP contribution in [-0.2, 0) is 0 Å². The zero-order valence-corrected chi connectivity index (χ0v) is 13.2. The molecule has 0 saturated heterocycles.